The third-order valence-electron chi connectivity index (χ3n) is 5.38. The Kier molecular flexibility index (Phi) is 11.2. The zero-order valence-electron chi connectivity index (χ0n) is 21.3. The van der Waals surface area contributed by atoms with Crippen molar-refractivity contribution in [1.29, 1.82) is 0 Å². The van der Waals surface area contributed by atoms with E-state index in [1.165, 1.54) is 0 Å². The van der Waals surface area contributed by atoms with Crippen molar-refractivity contribution < 1.29 is 27.2 Å². The van der Waals surface area contributed by atoms with Gasteiger partial charge in [-0.05, 0) is 27.7 Å². The maximum atomic E-state index is 13.0. The lowest BCUT2D eigenvalue weighted by atomic mass is 10.3. The summed E-state index contributed by atoms with van der Waals surface area (Å²) in [4.78, 5) is 25.2. The zero-order valence-corrected chi connectivity index (χ0v) is 23.1. The first kappa shape index (κ1) is 29.8. The molecule has 0 aromatic carbocycles. The van der Waals surface area contributed by atoms with Crippen LogP contribution in [0.2, 0.25) is 0 Å². The van der Waals surface area contributed by atoms with E-state index in [0.717, 1.165) is 0 Å². The van der Waals surface area contributed by atoms with Crippen LogP contribution in [0.5, 0.6) is 0 Å². The summed E-state index contributed by atoms with van der Waals surface area (Å²) in [5.41, 5.74) is 5.58. The highest BCUT2D eigenvalue weighted by Crippen LogP contribution is 2.49. The van der Waals surface area contributed by atoms with Crippen LogP contribution in [0.3, 0.4) is 0 Å². The van der Waals surface area contributed by atoms with Crippen LogP contribution in [0.4, 0.5) is 17.5 Å². The molecule has 1 aromatic rings. The number of quaternary nitrogens is 1. The van der Waals surface area contributed by atoms with Gasteiger partial charge in [0.15, 0.2) is 6.34 Å². The van der Waals surface area contributed by atoms with Gasteiger partial charge in [0.2, 0.25) is 11.6 Å². The molecule has 0 spiro atoms. The molecule has 0 bridgehead atoms. The number of aliphatic imine (C=N–C) groups is 1. The van der Waals surface area contributed by atoms with Crippen LogP contribution in [0.25, 0.3) is 0 Å². The van der Waals surface area contributed by atoms with Gasteiger partial charge in [0.1, 0.15) is 6.54 Å². The van der Waals surface area contributed by atoms with E-state index in [0.29, 0.717) is 32.0 Å². The fourth-order valence-corrected chi connectivity index (χ4v) is 6.97. The second kappa shape index (κ2) is 13.2. The number of hydrogen-bond donors (Lipinski definition) is 2. The molecule has 2 heterocycles. The van der Waals surface area contributed by atoms with Crippen LogP contribution in [-0.2, 0) is 27.2 Å². The Labute approximate surface area is 206 Å². The molecule has 1 aliphatic rings. The second-order valence-electron chi connectivity index (χ2n) is 8.04. The van der Waals surface area contributed by atoms with Gasteiger partial charge in [0, 0.05) is 19.6 Å². The summed E-state index contributed by atoms with van der Waals surface area (Å²) in [5, 5.41) is 0. The second-order valence-corrected chi connectivity index (χ2v) is 12.4. The van der Waals surface area contributed by atoms with E-state index in [-0.39, 0.29) is 54.9 Å². The van der Waals surface area contributed by atoms with Gasteiger partial charge in [-0.1, -0.05) is 0 Å². The van der Waals surface area contributed by atoms with Gasteiger partial charge < -0.3 is 23.8 Å². The highest BCUT2D eigenvalue weighted by Gasteiger charge is 2.37. The first-order valence-electron chi connectivity index (χ1n) is 11.8. The molecule has 0 fully saturated rings. The first-order chi connectivity index (χ1) is 16.5. The SMILES string of the molecule is CCOP(=O)(CCN(CC[N+]1(C)C=Nc2c1nc(N)[nH]c2=O)CCP(=O)(OCC)OCC)OCC. The predicted octanol–water partition coefficient (Wildman–Crippen LogP) is 2.80. The summed E-state index contributed by atoms with van der Waals surface area (Å²) in [7, 11) is -4.68. The molecular weight excluding hydrogens is 498 g/mol. The van der Waals surface area contributed by atoms with E-state index >= 15 is 0 Å². The van der Waals surface area contributed by atoms with E-state index in [2.05, 4.69) is 15.0 Å². The predicted molar refractivity (Wildman–Crippen MR) is 138 cm³/mol. The van der Waals surface area contributed by atoms with Gasteiger partial charge in [-0.3, -0.25) is 23.8 Å². The summed E-state index contributed by atoms with van der Waals surface area (Å²) in [5.74, 6) is 0.471. The van der Waals surface area contributed by atoms with Crippen LogP contribution >= 0.6 is 15.2 Å². The normalized spacial score (nSPS) is 17.9. The highest BCUT2D eigenvalue weighted by molar-refractivity contribution is 7.54. The number of fused-ring (bicyclic) bond motifs is 1. The molecule has 1 atom stereocenters. The topological polar surface area (TPSA) is 158 Å². The fraction of sp³-hybridized carbons (Fsp3) is 0.750. The van der Waals surface area contributed by atoms with Gasteiger partial charge in [0.25, 0.3) is 11.4 Å². The third kappa shape index (κ3) is 8.30. The van der Waals surface area contributed by atoms with E-state index in [9.17, 15) is 13.9 Å². The minimum Gasteiger partial charge on any atom is -0.369 e. The molecule has 2 rings (SSSR count). The number of nitrogens with zero attached hydrogens (tertiary/aromatic N) is 4. The number of nitrogens with two attached hydrogens (primary N) is 1. The van der Waals surface area contributed by atoms with Gasteiger partial charge >= 0.3 is 15.2 Å². The molecule has 13 nitrogen and oxygen atoms in total. The minimum atomic E-state index is -3.27. The summed E-state index contributed by atoms with van der Waals surface area (Å²) in [6, 6.07) is 0. The number of aromatic amines is 1. The number of rotatable bonds is 17. The number of aromatic nitrogens is 2. The summed E-state index contributed by atoms with van der Waals surface area (Å²) >= 11 is 0. The van der Waals surface area contributed by atoms with Crippen molar-refractivity contribution in [3.8, 4) is 0 Å². The number of hydrogen-bond acceptors (Lipinski definition) is 11. The van der Waals surface area contributed by atoms with E-state index in [1.54, 1.807) is 34.0 Å². The third-order valence-corrected chi connectivity index (χ3v) is 9.49. The van der Waals surface area contributed by atoms with E-state index < -0.39 is 20.8 Å². The number of anilines is 1. The standard InChI is InChI=1S/C20H38N6O7P2/c1-6-30-34(28,31-7-2)14-11-25(12-15-35(29,32-8-3)33-9-4)10-13-26(5)16-22-17-18(26)23-20(21)24-19(17)27/h16H,6-15H2,1-5H3,(H2-,21,23,24,27)/p+1. The average Bonchev–Trinajstić information content (AvgIpc) is 3.11. The molecule has 1 aromatic heterocycles. The molecule has 200 valence electrons. The lowest BCUT2D eigenvalue weighted by Crippen LogP contribution is -2.49. The Morgan fingerprint density at radius 2 is 1.43 bits per heavy atom. The van der Waals surface area contributed by atoms with Crippen LogP contribution in [-0.4, -0.2) is 93.2 Å². The Morgan fingerprint density at radius 3 is 1.89 bits per heavy atom. The number of H-pyrrole nitrogens is 1. The van der Waals surface area contributed by atoms with Gasteiger partial charge in [-0.15, -0.1) is 0 Å². The smallest absolute Gasteiger partial charge is 0.331 e. The van der Waals surface area contributed by atoms with Gasteiger partial charge in [0.05, 0.1) is 45.8 Å². The maximum Gasteiger partial charge on any atom is 0.331 e. The molecular formula is C20H39N6O7P2+. The number of likely N-dealkylation sites (N-methyl/N-ethyl adjacent to an activating group) is 1. The van der Waals surface area contributed by atoms with Gasteiger partial charge in [-0.25, -0.2) is 4.48 Å². The van der Waals surface area contributed by atoms with Crippen LogP contribution in [0, 0.1) is 0 Å². The first-order valence-corrected chi connectivity index (χ1v) is 15.3. The number of nitrogens with one attached hydrogen (secondary N) is 1. The van der Waals surface area contributed by atoms with Crippen molar-refractivity contribution in [1.82, 2.24) is 19.4 Å². The van der Waals surface area contributed by atoms with Crippen molar-refractivity contribution >= 4 is 39.0 Å². The lowest BCUT2D eigenvalue weighted by molar-refractivity contribution is 0.204. The monoisotopic (exact) mass is 537 g/mol. The Hall–Kier alpha value is -1.43. The summed E-state index contributed by atoms with van der Waals surface area (Å²) < 4.78 is 47.9. The fourth-order valence-electron chi connectivity index (χ4n) is 3.68. The molecule has 0 saturated carbocycles. The summed E-state index contributed by atoms with van der Waals surface area (Å²) in [6.07, 6.45) is 1.98. The average molecular weight is 538 g/mol. The zero-order chi connectivity index (χ0) is 26.1. The van der Waals surface area contributed by atoms with Crippen molar-refractivity contribution in [2.24, 2.45) is 4.99 Å². The Bertz CT molecular complexity index is 966. The molecule has 0 amide bonds. The van der Waals surface area contributed by atoms with Crippen molar-refractivity contribution in [3.63, 3.8) is 0 Å². The largest absolute Gasteiger partial charge is 0.369 e. The molecule has 0 radical (unpaired) electrons. The van der Waals surface area contributed by atoms with Crippen LogP contribution < -0.4 is 15.8 Å². The molecule has 1 unspecified atom stereocenters. The van der Waals surface area contributed by atoms with E-state index in [1.807, 2.05) is 11.9 Å². The van der Waals surface area contributed by atoms with Crippen LogP contribution in [0.1, 0.15) is 27.7 Å². The molecule has 0 aliphatic carbocycles. The molecule has 15 heteroatoms. The minimum absolute atomic E-state index is 0.0178. The Morgan fingerprint density at radius 1 is 0.943 bits per heavy atom. The van der Waals surface area contributed by atoms with Crippen molar-refractivity contribution in [2.75, 3.05) is 77.7 Å². The Balaban J connectivity index is 2.19. The highest BCUT2D eigenvalue weighted by atomic mass is 31.2. The maximum absolute atomic E-state index is 13.0. The lowest BCUT2D eigenvalue weighted by Gasteiger charge is -2.30. The molecule has 3 N–H and O–H groups in total. The van der Waals surface area contributed by atoms with Crippen molar-refractivity contribution in [3.05, 3.63) is 10.4 Å². The molecule has 0 saturated heterocycles. The quantitative estimate of drug-likeness (QED) is 0.224. The van der Waals surface area contributed by atoms with Gasteiger partial charge in [-0.2, -0.15) is 9.98 Å². The summed E-state index contributed by atoms with van der Waals surface area (Å²) in [6.45, 7) is 9.82. The van der Waals surface area contributed by atoms with Crippen LogP contribution in [0.15, 0.2) is 9.79 Å². The molecule has 35 heavy (non-hydrogen) atoms. The molecule has 1 aliphatic heterocycles. The van der Waals surface area contributed by atoms with E-state index in [4.69, 9.17) is 23.8 Å². The number of nitrogen functional groups attached to an aromatic ring is 1. The van der Waals surface area contributed by atoms with Crippen molar-refractivity contribution in [2.45, 2.75) is 27.7 Å².